The van der Waals surface area contributed by atoms with Crippen molar-refractivity contribution in [2.24, 2.45) is 0 Å². The van der Waals surface area contributed by atoms with Gasteiger partial charge in [-0.15, -0.1) is 0 Å². The number of rotatable bonds is 1. The lowest BCUT2D eigenvalue weighted by Crippen LogP contribution is -1.89. The van der Waals surface area contributed by atoms with Crippen molar-refractivity contribution in [1.29, 1.82) is 0 Å². The van der Waals surface area contributed by atoms with Gasteiger partial charge >= 0.3 is 0 Å². The second-order valence-corrected chi connectivity index (χ2v) is 3.51. The van der Waals surface area contributed by atoms with Crippen molar-refractivity contribution in [1.82, 2.24) is 14.3 Å². The van der Waals surface area contributed by atoms with Crippen molar-refractivity contribution in [3.05, 3.63) is 29.0 Å². The third kappa shape index (κ3) is 1.63. The molecule has 0 bridgehead atoms. The monoisotopic (exact) mass is 213 g/mol. The maximum absolute atomic E-state index is 13.2. The molecule has 13 heavy (non-hydrogen) atoms. The second kappa shape index (κ2) is 3.31. The summed E-state index contributed by atoms with van der Waals surface area (Å²) in [6.07, 6.45) is 2.71. The highest BCUT2D eigenvalue weighted by molar-refractivity contribution is 7.71. The van der Waals surface area contributed by atoms with Gasteiger partial charge in [-0.25, -0.2) is 13.7 Å². The van der Waals surface area contributed by atoms with Crippen molar-refractivity contribution in [2.75, 3.05) is 0 Å². The SMILES string of the molecule is Fc1cnc(=S)[nH]c1-c1ccns1. The fourth-order valence-electron chi connectivity index (χ4n) is 0.903. The quantitative estimate of drug-likeness (QED) is 0.739. The molecule has 6 heteroatoms. The first-order valence-electron chi connectivity index (χ1n) is 3.43. The average Bonchev–Trinajstić information content (AvgIpc) is 2.61. The lowest BCUT2D eigenvalue weighted by Gasteiger charge is -1.97. The first kappa shape index (κ1) is 8.46. The molecular weight excluding hydrogens is 209 g/mol. The molecule has 0 radical (unpaired) electrons. The van der Waals surface area contributed by atoms with Gasteiger partial charge in [0.15, 0.2) is 10.6 Å². The highest BCUT2D eigenvalue weighted by Crippen LogP contribution is 2.22. The van der Waals surface area contributed by atoms with Crippen LogP contribution in [-0.2, 0) is 0 Å². The van der Waals surface area contributed by atoms with E-state index in [1.807, 2.05) is 0 Å². The lowest BCUT2D eigenvalue weighted by atomic mass is 10.3. The maximum atomic E-state index is 13.2. The normalized spacial score (nSPS) is 10.2. The fourth-order valence-corrected chi connectivity index (χ4v) is 1.65. The molecular formula is C7H4FN3S2. The zero-order valence-corrected chi connectivity index (χ0v) is 7.95. The second-order valence-electron chi connectivity index (χ2n) is 2.29. The van der Waals surface area contributed by atoms with Crippen LogP contribution in [0.5, 0.6) is 0 Å². The van der Waals surface area contributed by atoms with E-state index < -0.39 is 5.82 Å². The molecule has 0 spiro atoms. The molecule has 0 amide bonds. The molecule has 3 nitrogen and oxygen atoms in total. The van der Waals surface area contributed by atoms with Crippen LogP contribution in [0.2, 0.25) is 0 Å². The molecule has 2 heterocycles. The van der Waals surface area contributed by atoms with Crippen LogP contribution in [0.25, 0.3) is 10.6 Å². The minimum atomic E-state index is -0.419. The number of nitrogens with zero attached hydrogens (tertiary/aromatic N) is 2. The molecule has 0 atom stereocenters. The smallest absolute Gasteiger partial charge is 0.197 e. The van der Waals surface area contributed by atoms with Gasteiger partial charge in [-0.1, -0.05) is 0 Å². The summed E-state index contributed by atoms with van der Waals surface area (Å²) in [5.74, 6) is -0.419. The zero-order valence-electron chi connectivity index (χ0n) is 6.32. The van der Waals surface area contributed by atoms with Crippen LogP contribution in [-0.4, -0.2) is 14.3 Å². The van der Waals surface area contributed by atoms with Gasteiger partial charge in [0, 0.05) is 6.20 Å². The predicted molar refractivity (Wildman–Crippen MR) is 50.5 cm³/mol. The molecule has 0 aliphatic carbocycles. The standard InChI is InChI=1S/C7H4FN3S2/c8-4-3-9-7(12)11-6(4)5-1-2-10-13-5/h1-3H,(H,9,11,12). The molecule has 0 unspecified atom stereocenters. The van der Waals surface area contributed by atoms with E-state index >= 15 is 0 Å². The van der Waals surface area contributed by atoms with Gasteiger partial charge < -0.3 is 4.98 Å². The Morgan fingerprint density at radius 3 is 3.08 bits per heavy atom. The number of H-pyrrole nitrogens is 1. The summed E-state index contributed by atoms with van der Waals surface area (Å²) in [6, 6.07) is 1.72. The lowest BCUT2D eigenvalue weighted by molar-refractivity contribution is 0.617. The predicted octanol–water partition coefficient (Wildman–Crippen LogP) is 2.40. The van der Waals surface area contributed by atoms with Gasteiger partial charge in [0.1, 0.15) is 0 Å². The van der Waals surface area contributed by atoms with Crippen molar-refractivity contribution in [3.63, 3.8) is 0 Å². The Kier molecular flexibility index (Phi) is 2.15. The Morgan fingerprint density at radius 1 is 1.54 bits per heavy atom. The Balaban J connectivity index is 2.64. The van der Waals surface area contributed by atoms with E-state index in [1.165, 1.54) is 11.5 Å². The van der Waals surface area contributed by atoms with Crippen molar-refractivity contribution in [2.45, 2.75) is 0 Å². The van der Waals surface area contributed by atoms with Gasteiger partial charge in [0.05, 0.1) is 16.8 Å². The summed E-state index contributed by atoms with van der Waals surface area (Å²) in [5.41, 5.74) is 0.350. The van der Waals surface area contributed by atoms with Gasteiger partial charge in [-0.2, -0.15) is 0 Å². The zero-order chi connectivity index (χ0) is 9.26. The van der Waals surface area contributed by atoms with Gasteiger partial charge in [-0.3, -0.25) is 0 Å². The van der Waals surface area contributed by atoms with Crippen LogP contribution in [0.15, 0.2) is 18.5 Å². The number of halogens is 1. The van der Waals surface area contributed by atoms with Crippen molar-refractivity contribution in [3.8, 4) is 10.6 Å². The highest BCUT2D eigenvalue weighted by atomic mass is 32.1. The Morgan fingerprint density at radius 2 is 2.38 bits per heavy atom. The number of nitrogens with one attached hydrogen (secondary N) is 1. The third-order valence-corrected chi connectivity index (χ3v) is 2.42. The maximum Gasteiger partial charge on any atom is 0.197 e. The Labute approximate surface area is 82.5 Å². The number of hydrogen-bond donors (Lipinski definition) is 1. The summed E-state index contributed by atoms with van der Waals surface area (Å²) in [4.78, 5) is 7.01. The molecule has 66 valence electrons. The number of aromatic amines is 1. The number of aromatic nitrogens is 3. The van der Waals surface area contributed by atoms with Crippen molar-refractivity contribution >= 4 is 23.8 Å². The van der Waals surface area contributed by atoms with E-state index in [2.05, 4.69) is 14.3 Å². The van der Waals surface area contributed by atoms with E-state index in [0.29, 0.717) is 10.6 Å². The molecule has 1 N–H and O–H groups in total. The van der Waals surface area contributed by atoms with Crippen LogP contribution in [0.3, 0.4) is 0 Å². The molecule has 0 saturated heterocycles. The van der Waals surface area contributed by atoms with Gasteiger partial charge in [0.2, 0.25) is 0 Å². The van der Waals surface area contributed by atoms with Crippen LogP contribution >= 0.6 is 23.8 Å². The topological polar surface area (TPSA) is 41.6 Å². The third-order valence-electron chi connectivity index (χ3n) is 1.45. The molecule has 0 saturated carbocycles. The Bertz CT molecular complexity index is 463. The van der Waals surface area contributed by atoms with Crippen LogP contribution in [0.1, 0.15) is 0 Å². The van der Waals surface area contributed by atoms with Crippen LogP contribution in [0, 0.1) is 10.6 Å². The minimum absolute atomic E-state index is 0.268. The molecule has 0 aromatic carbocycles. The van der Waals surface area contributed by atoms with Crippen LogP contribution in [0.4, 0.5) is 4.39 Å². The first-order chi connectivity index (χ1) is 6.27. The van der Waals surface area contributed by atoms with Crippen molar-refractivity contribution < 1.29 is 4.39 Å². The fraction of sp³-hybridized carbons (Fsp3) is 0. The average molecular weight is 213 g/mol. The van der Waals surface area contributed by atoms with E-state index in [1.54, 1.807) is 12.3 Å². The summed E-state index contributed by atoms with van der Waals surface area (Å²) in [5, 5.41) is 0. The molecule has 2 rings (SSSR count). The van der Waals surface area contributed by atoms with E-state index in [4.69, 9.17) is 12.2 Å². The van der Waals surface area contributed by atoms with Crippen LogP contribution < -0.4 is 0 Å². The summed E-state index contributed by atoms with van der Waals surface area (Å²) in [6.45, 7) is 0. The first-order valence-corrected chi connectivity index (χ1v) is 4.61. The highest BCUT2D eigenvalue weighted by Gasteiger charge is 2.06. The largest absolute Gasteiger partial charge is 0.327 e. The molecule has 2 aromatic heterocycles. The minimum Gasteiger partial charge on any atom is -0.327 e. The van der Waals surface area contributed by atoms with Gasteiger partial charge in [0.25, 0.3) is 0 Å². The van der Waals surface area contributed by atoms with E-state index in [0.717, 1.165) is 6.20 Å². The molecule has 0 aliphatic heterocycles. The van der Waals surface area contributed by atoms with E-state index in [-0.39, 0.29) is 4.77 Å². The summed E-state index contributed by atoms with van der Waals surface area (Å²) < 4.78 is 17.3. The summed E-state index contributed by atoms with van der Waals surface area (Å²) >= 11 is 5.99. The molecule has 2 aromatic rings. The summed E-state index contributed by atoms with van der Waals surface area (Å²) in [7, 11) is 0. The Hall–Kier alpha value is -1.14. The molecule has 0 aliphatic rings. The number of hydrogen-bond acceptors (Lipinski definition) is 4. The molecule has 0 fully saturated rings. The van der Waals surface area contributed by atoms with Gasteiger partial charge in [-0.05, 0) is 29.8 Å². The van der Waals surface area contributed by atoms with E-state index in [9.17, 15) is 4.39 Å².